The first kappa shape index (κ1) is 20.7. The maximum atomic E-state index is 11.9. The summed E-state index contributed by atoms with van der Waals surface area (Å²) in [5.41, 5.74) is 0. The third-order valence-electron chi connectivity index (χ3n) is 3.68. The Morgan fingerprint density at radius 3 is 2.72 bits per heavy atom. The summed E-state index contributed by atoms with van der Waals surface area (Å²) in [4.78, 5) is 23.1. The fourth-order valence-electron chi connectivity index (χ4n) is 2.28. The molecular formula is C18H18ClN5O4S. The Kier molecular flexibility index (Phi) is 7.14. The van der Waals surface area contributed by atoms with Crippen molar-refractivity contribution < 1.29 is 18.7 Å². The van der Waals surface area contributed by atoms with Crippen LogP contribution in [0.15, 0.2) is 52.2 Å². The minimum atomic E-state index is -0.565. The van der Waals surface area contributed by atoms with E-state index in [-0.39, 0.29) is 12.4 Å². The predicted octanol–water partition coefficient (Wildman–Crippen LogP) is 2.70. The first-order chi connectivity index (χ1) is 14.0. The van der Waals surface area contributed by atoms with Crippen molar-refractivity contribution in [3.63, 3.8) is 0 Å². The number of ether oxygens (including phenoxy) is 1. The highest BCUT2D eigenvalue weighted by atomic mass is 35.5. The van der Waals surface area contributed by atoms with Gasteiger partial charge in [0.15, 0.2) is 11.0 Å². The Bertz CT molecular complexity index is 959. The largest absolute Gasteiger partial charge is 0.486 e. The molecule has 2 aromatic heterocycles. The third kappa shape index (κ3) is 6.00. The first-order valence-corrected chi connectivity index (χ1v) is 9.88. The number of aromatic nitrogens is 3. The summed E-state index contributed by atoms with van der Waals surface area (Å²) in [6.45, 7) is 0.541. The zero-order valence-electron chi connectivity index (χ0n) is 15.4. The molecule has 0 unspecified atom stereocenters. The van der Waals surface area contributed by atoms with Gasteiger partial charge in [0, 0.05) is 12.1 Å². The third-order valence-corrected chi connectivity index (χ3v) is 4.90. The summed E-state index contributed by atoms with van der Waals surface area (Å²) >= 11 is 7.04. The van der Waals surface area contributed by atoms with Crippen molar-refractivity contribution in [1.82, 2.24) is 25.4 Å². The number of urea groups is 1. The predicted molar refractivity (Wildman–Crippen MR) is 107 cm³/mol. The fourth-order valence-corrected chi connectivity index (χ4v) is 3.17. The van der Waals surface area contributed by atoms with Crippen molar-refractivity contribution >= 4 is 35.3 Å². The van der Waals surface area contributed by atoms with Crippen LogP contribution in [-0.4, -0.2) is 39.5 Å². The van der Waals surface area contributed by atoms with Crippen molar-refractivity contribution in [3.8, 4) is 5.75 Å². The summed E-state index contributed by atoms with van der Waals surface area (Å²) in [6.07, 6.45) is 1.58. The average Bonchev–Trinajstić information content (AvgIpc) is 3.36. The van der Waals surface area contributed by atoms with Crippen LogP contribution in [0.4, 0.5) is 4.79 Å². The van der Waals surface area contributed by atoms with Crippen LogP contribution in [0.25, 0.3) is 0 Å². The van der Waals surface area contributed by atoms with E-state index in [0.717, 1.165) is 11.8 Å². The van der Waals surface area contributed by atoms with Gasteiger partial charge in [-0.15, -0.1) is 10.2 Å². The molecule has 0 atom stereocenters. The number of furan rings is 1. The van der Waals surface area contributed by atoms with Gasteiger partial charge in [-0.2, -0.15) is 0 Å². The maximum absolute atomic E-state index is 11.9. The summed E-state index contributed by atoms with van der Waals surface area (Å²) in [6, 6.07) is 10.0. The SMILES string of the molecule is CNC(=O)NC(=O)CSc1nnc(COc2ccc(Cl)cc2)n1Cc1ccco1. The van der Waals surface area contributed by atoms with Crippen LogP contribution in [0.2, 0.25) is 5.02 Å². The quantitative estimate of drug-likeness (QED) is 0.523. The van der Waals surface area contributed by atoms with Gasteiger partial charge in [-0.1, -0.05) is 23.4 Å². The van der Waals surface area contributed by atoms with Gasteiger partial charge in [0.2, 0.25) is 5.91 Å². The van der Waals surface area contributed by atoms with Crippen molar-refractivity contribution in [2.45, 2.75) is 18.3 Å². The van der Waals surface area contributed by atoms with Gasteiger partial charge in [-0.05, 0) is 36.4 Å². The molecule has 2 N–H and O–H groups in total. The molecule has 9 nitrogen and oxygen atoms in total. The Balaban J connectivity index is 1.71. The van der Waals surface area contributed by atoms with Crippen LogP contribution in [0.3, 0.4) is 0 Å². The normalized spacial score (nSPS) is 10.6. The number of hydrogen-bond donors (Lipinski definition) is 2. The number of carbonyl (C=O) groups is 2. The van der Waals surface area contributed by atoms with Gasteiger partial charge in [0.25, 0.3) is 0 Å². The van der Waals surface area contributed by atoms with Gasteiger partial charge in [0.05, 0.1) is 18.6 Å². The highest BCUT2D eigenvalue weighted by molar-refractivity contribution is 7.99. The average molecular weight is 436 g/mol. The number of rotatable bonds is 8. The molecule has 0 saturated heterocycles. The number of imide groups is 1. The second-order valence-corrected chi connectivity index (χ2v) is 7.10. The standard InChI is InChI=1S/C18H18ClN5O4S/c1-20-17(26)21-16(25)11-29-18-23-22-15(24(18)9-14-3-2-8-27-14)10-28-13-6-4-12(19)5-7-13/h2-8H,9-11H2,1H3,(H2,20,21,25,26). The first-order valence-electron chi connectivity index (χ1n) is 8.52. The number of benzene rings is 1. The second kappa shape index (κ2) is 9.99. The molecule has 0 aliphatic rings. The Morgan fingerprint density at radius 2 is 2.03 bits per heavy atom. The van der Waals surface area contributed by atoms with E-state index in [4.69, 9.17) is 20.8 Å². The molecule has 11 heteroatoms. The summed E-state index contributed by atoms with van der Waals surface area (Å²) in [5, 5.41) is 14.0. The lowest BCUT2D eigenvalue weighted by molar-refractivity contribution is -0.117. The second-order valence-electron chi connectivity index (χ2n) is 5.72. The lowest BCUT2D eigenvalue weighted by Crippen LogP contribution is -2.38. The van der Waals surface area contributed by atoms with Crippen LogP contribution in [0.5, 0.6) is 5.75 Å². The number of nitrogens with one attached hydrogen (secondary N) is 2. The zero-order valence-corrected chi connectivity index (χ0v) is 17.0. The van der Waals surface area contributed by atoms with Crippen LogP contribution in [-0.2, 0) is 17.9 Å². The number of halogens is 1. The number of carbonyl (C=O) groups excluding carboxylic acids is 2. The van der Waals surface area contributed by atoms with Gasteiger partial charge in [-0.3, -0.25) is 14.7 Å². The van der Waals surface area contributed by atoms with Crippen LogP contribution < -0.4 is 15.4 Å². The number of thioether (sulfide) groups is 1. The van der Waals surface area contributed by atoms with Crippen molar-refractivity contribution in [3.05, 3.63) is 59.3 Å². The summed E-state index contributed by atoms with van der Waals surface area (Å²) in [5.74, 6) is 1.46. The number of amides is 3. The minimum Gasteiger partial charge on any atom is -0.486 e. The molecule has 0 spiro atoms. The fraction of sp³-hybridized carbons (Fsp3) is 0.222. The summed E-state index contributed by atoms with van der Waals surface area (Å²) < 4.78 is 13.0. The number of nitrogens with zero attached hydrogens (tertiary/aromatic N) is 3. The molecule has 2 heterocycles. The molecule has 0 saturated carbocycles. The molecule has 0 radical (unpaired) electrons. The molecular weight excluding hydrogens is 418 g/mol. The molecule has 0 bridgehead atoms. The van der Waals surface area contributed by atoms with E-state index in [9.17, 15) is 9.59 Å². The van der Waals surface area contributed by atoms with E-state index in [1.807, 2.05) is 6.07 Å². The van der Waals surface area contributed by atoms with Gasteiger partial charge in [-0.25, -0.2) is 4.79 Å². The lowest BCUT2D eigenvalue weighted by atomic mass is 10.3. The molecule has 3 rings (SSSR count). The Labute approximate surface area is 175 Å². The Hall–Kier alpha value is -2.98. The van der Waals surface area contributed by atoms with E-state index >= 15 is 0 Å². The minimum absolute atomic E-state index is 0.00174. The molecule has 1 aromatic carbocycles. The highest BCUT2D eigenvalue weighted by Gasteiger charge is 2.17. The van der Waals surface area contributed by atoms with E-state index in [1.165, 1.54) is 7.05 Å². The smallest absolute Gasteiger partial charge is 0.321 e. The molecule has 3 amide bonds. The molecule has 0 aliphatic heterocycles. The highest BCUT2D eigenvalue weighted by Crippen LogP contribution is 2.21. The Morgan fingerprint density at radius 1 is 1.24 bits per heavy atom. The van der Waals surface area contributed by atoms with E-state index in [0.29, 0.717) is 34.1 Å². The molecule has 152 valence electrons. The molecule has 3 aromatic rings. The maximum Gasteiger partial charge on any atom is 0.321 e. The van der Waals surface area contributed by atoms with Crippen LogP contribution in [0, 0.1) is 0 Å². The van der Waals surface area contributed by atoms with Gasteiger partial charge in [0.1, 0.15) is 18.1 Å². The van der Waals surface area contributed by atoms with E-state index in [1.54, 1.807) is 41.2 Å². The van der Waals surface area contributed by atoms with Crippen molar-refractivity contribution in [1.29, 1.82) is 0 Å². The van der Waals surface area contributed by atoms with Crippen molar-refractivity contribution in [2.24, 2.45) is 0 Å². The van der Waals surface area contributed by atoms with Crippen LogP contribution >= 0.6 is 23.4 Å². The van der Waals surface area contributed by atoms with Gasteiger partial charge < -0.3 is 14.5 Å². The number of hydrogen-bond acceptors (Lipinski definition) is 7. The zero-order chi connectivity index (χ0) is 20.6. The lowest BCUT2D eigenvalue weighted by Gasteiger charge is -2.10. The summed E-state index contributed by atoms with van der Waals surface area (Å²) in [7, 11) is 1.43. The van der Waals surface area contributed by atoms with Gasteiger partial charge >= 0.3 is 6.03 Å². The van der Waals surface area contributed by atoms with Crippen LogP contribution in [0.1, 0.15) is 11.6 Å². The van der Waals surface area contributed by atoms with E-state index < -0.39 is 11.9 Å². The monoisotopic (exact) mass is 435 g/mol. The molecule has 29 heavy (non-hydrogen) atoms. The topological polar surface area (TPSA) is 111 Å². The van der Waals surface area contributed by atoms with E-state index in [2.05, 4.69) is 20.8 Å². The molecule has 0 aliphatic carbocycles. The molecule has 0 fully saturated rings. The van der Waals surface area contributed by atoms with Crippen molar-refractivity contribution in [2.75, 3.05) is 12.8 Å².